The Balaban J connectivity index is 1.52. The summed E-state index contributed by atoms with van der Waals surface area (Å²) in [5.41, 5.74) is 2.67. The van der Waals surface area contributed by atoms with Gasteiger partial charge >= 0.3 is 0 Å². The van der Waals surface area contributed by atoms with Gasteiger partial charge in [-0.2, -0.15) is 4.31 Å². The highest BCUT2D eigenvalue weighted by Gasteiger charge is 2.30. The SMILES string of the molecule is O=C(NCCO)[C@@H](Cc1ccccc1)N(Cc1ccccc1)C(=O)CCc1ccc(S(=O)(=O)N2CCCC2)cc1. The van der Waals surface area contributed by atoms with Gasteiger partial charge in [0.1, 0.15) is 6.04 Å². The van der Waals surface area contributed by atoms with Gasteiger partial charge in [0.15, 0.2) is 0 Å². The van der Waals surface area contributed by atoms with E-state index in [0.717, 1.165) is 29.5 Å². The molecule has 0 bridgehead atoms. The highest BCUT2D eigenvalue weighted by molar-refractivity contribution is 7.89. The Hall–Kier alpha value is -3.53. The fourth-order valence-corrected chi connectivity index (χ4v) is 6.45. The summed E-state index contributed by atoms with van der Waals surface area (Å²) in [5.74, 6) is -0.503. The van der Waals surface area contributed by atoms with Gasteiger partial charge in [-0.25, -0.2) is 8.42 Å². The number of aliphatic hydroxyl groups excluding tert-OH is 1. The van der Waals surface area contributed by atoms with Gasteiger partial charge in [-0.05, 0) is 48.1 Å². The minimum atomic E-state index is -3.50. The smallest absolute Gasteiger partial charge is 0.243 e. The van der Waals surface area contributed by atoms with Crippen LogP contribution in [0.1, 0.15) is 36.0 Å². The predicted octanol–water partition coefficient (Wildman–Crippen LogP) is 3.15. The second-order valence-corrected chi connectivity index (χ2v) is 11.9. The molecule has 0 aromatic heterocycles. The normalized spacial score (nSPS) is 14.5. The number of hydrogen-bond donors (Lipinski definition) is 2. The van der Waals surface area contributed by atoms with Crippen LogP contribution in [0.4, 0.5) is 0 Å². The van der Waals surface area contributed by atoms with E-state index < -0.39 is 16.1 Å². The average Bonchev–Trinajstić information content (AvgIpc) is 3.54. The lowest BCUT2D eigenvalue weighted by atomic mass is 10.0. The number of aliphatic hydroxyl groups is 1. The maximum absolute atomic E-state index is 13.7. The molecule has 0 spiro atoms. The molecular weight excluding hydrogens is 526 g/mol. The fourth-order valence-electron chi connectivity index (χ4n) is 4.93. The second kappa shape index (κ2) is 14.2. The third kappa shape index (κ3) is 7.78. The van der Waals surface area contributed by atoms with Crippen LogP contribution in [0.3, 0.4) is 0 Å². The van der Waals surface area contributed by atoms with Crippen LogP contribution < -0.4 is 5.32 Å². The zero-order valence-electron chi connectivity index (χ0n) is 22.6. The van der Waals surface area contributed by atoms with Gasteiger partial charge in [-0.3, -0.25) is 9.59 Å². The zero-order valence-corrected chi connectivity index (χ0v) is 23.4. The molecule has 1 saturated heterocycles. The van der Waals surface area contributed by atoms with Crippen LogP contribution in [0, 0.1) is 0 Å². The zero-order chi connectivity index (χ0) is 28.4. The van der Waals surface area contributed by atoms with Crippen molar-refractivity contribution in [1.82, 2.24) is 14.5 Å². The molecule has 3 aromatic carbocycles. The maximum Gasteiger partial charge on any atom is 0.243 e. The van der Waals surface area contributed by atoms with Crippen LogP contribution in [0.15, 0.2) is 89.8 Å². The van der Waals surface area contributed by atoms with E-state index >= 15 is 0 Å². The first-order valence-electron chi connectivity index (χ1n) is 13.7. The van der Waals surface area contributed by atoms with Crippen LogP contribution in [0.25, 0.3) is 0 Å². The Morgan fingerprint density at radius 2 is 1.45 bits per heavy atom. The van der Waals surface area contributed by atoms with E-state index in [1.807, 2.05) is 60.7 Å². The van der Waals surface area contributed by atoms with E-state index in [-0.39, 0.29) is 42.8 Å². The number of rotatable bonds is 13. The minimum Gasteiger partial charge on any atom is -0.395 e. The average molecular weight is 564 g/mol. The summed E-state index contributed by atoms with van der Waals surface area (Å²) in [6.07, 6.45) is 2.65. The molecule has 2 amide bonds. The maximum atomic E-state index is 13.7. The Morgan fingerprint density at radius 1 is 0.850 bits per heavy atom. The molecule has 0 saturated carbocycles. The van der Waals surface area contributed by atoms with Crippen molar-refractivity contribution in [2.75, 3.05) is 26.2 Å². The Morgan fingerprint density at radius 3 is 2.05 bits per heavy atom. The van der Waals surface area contributed by atoms with Crippen molar-refractivity contribution >= 4 is 21.8 Å². The summed E-state index contributed by atoms with van der Waals surface area (Å²) in [6, 6.07) is 25.0. The van der Waals surface area contributed by atoms with Gasteiger partial charge < -0.3 is 15.3 Å². The monoisotopic (exact) mass is 563 g/mol. The molecule has 1 heterocycles. The molecule has 212 valence electrons. The first-order valence-corrected chi connectivity index (χ1v) is 15.2. The van der Waals surface area contributed by atoms with Crippen LogP contribution in [-0.2, 0) is 39.0 Å². The molecule has 1 aliphatic heterocycles. The molecule has 0 aliphatic carbocycles. The van der Waals surface area contributed by atoms with E-state index in [4.69, 9.17) is 0 Å². The van der Waals surface area contributed by atoms with Crippen LogP contribution in [0.5, 0.6) is 0 Å². The summed E-state index contributed by atoms with van der Waals surface area (Å²) in [4.78, 5) is 28.9. The van der Waals surface area contributed by atoms with Gasteiger partial charge in [0.2, 0.25) is 21.8 Å². The van der Waals surface area contributed by atoms with E-state index in [2.05, 4.69) is 5.32 Å². The van der Waals surface area contributed by atoms with Crippen LogP contribution in [0.2, 0.25) is 0 Å². The van der Waals surface area contributed by atoms with E-state index in [0.29, 0.717) is 25.9 Å². The number of hydrogen-bond acceptors (Lipinski definition) is 5. The lowest BCUT2D eigenvalue weighted by Crippen LogP contribution is -2.51. The second-order valence-electron chi connectivity index (χ2n) is 9.98. The number of sulfonamides is 1. The van der Waals surface area contributed by atoms with Crippen molar-refractivity contribution in [2.24, 2.45) is 0 Å². The topological polar surface area (TPSA) is 107 Å². The van der Waals surface area contributed by atoms with Gasteiger partial charge in [-0.1, -0.05) is 72.8 Å². The molecule has 9 heteroatoms. The molecule has 2 N–H and O–H groups in total. The van der Waals surface area contributed by atoms with Gasteiger partial charge in [0.25, 0.3) is 0 Å². The van der Waals surface area contributed by atoms with Crippen molar-refractivity contribution < 1.29 is 23.1 Å². The number of amides is 2. The van der Waals surface area contributed by atoms with Crippen molar-refractivity contribution in [3.8, 4) is 0 Å². The molecule has 40 heavy (non-hydrogen) atoms. The van der Waals surface area contributed by atoms with Crippen molar-refractivity contribution in [3.05, 3.63) is 102 Å². The summed E-state index contributed by atoms with van der Waals surface area (Å²) < 4.78 is 27.2. The van der Waals surface area contributed by atoms with Crippen molar-refractivity contribution in [3.63, 3.8) is 0 Å². The number of nitrogens with one attached hydrogen (secondary N) is 1. The highest BCUT2D eigenvalue weighted by atomic mass is 32.2. The molecule has 1 fully saturated rings. The largest absolute Gasteiger partial charge is 0.395 e. The lowest BCUT2D eigenvalue weighted by molar-refractivity contribution is -0.141. The summed E-state index contributed by atoms with van der Waals surface area (Å²) in [5, 5.41) is 12.0. The molecule has 8 nitrogen and oxygen atoms in total. The van der Waals surface area contributed by atoms with Crippen LogP contribution >= 0.6 is 0 Å². The lowest BCUT2D eigenvalue weighted by Gasteiger charge is -2.31. The van der Waals surface area contributed by atoms with E-state index in [1.54, 1.807) is 29.2 Å². The number of carbonyl (C=O) groups excluding carboxylic acids is 2. The third-order valence-electron chi connectivity index (χ3n) is 7.13. The quantitative estimate of drug-likeness (QED) is 0.332. The van der Waals surface area contributed by atoms with Gasteiger partial charge in [-0.15, -0.1) is 0 Å². The summed E-state index contributed by atoms with van der Waals surface area (Å²) >= 11 is 0. The Bertz CT molecular complexity index is 1340. The van der Waals surface area contributed by atoms with Gasteiger partial charge in [0.05, 0.1) is 11.5 Å². The van der Waals surface area contributed by atoms with Gasteiger partial charge in [0, 0.05) is 39.0 Å². The highest BCUT2D eigenvalue weighted by Crippen LogP contribution is 2.22. The summed E-state index contributed by atoms with van der Waals surface area (Å²) in [7, 11) is -3.50. The standard InChI is InChI=1S/C31H37N3O5S/c35-22-19-32-31(37)29(23-26-9-3-1-4-10-26)34(24-27-11-5-2-6-12-27)30(36)18-15-25-13-16-28(17-14-25)40(38,39)33-20-7-8-21-33/h1-6,9-14,16-17,29,35H,7-8,15,18-24H2,(H,32,37)/t29-/m1/s1. The fraction of sp³-hybridized carbons (Fsp3) is 0.355. The molecule has 4 rings (SSSR count). The molecule has 1 aliphatic rings. The third-order valence-corrected chi connectivity index (χ3v) is 9.04. The first-order chi connectivity index (χ1) is 19.4. The molecule has 3 aromatic rings. The molecule has 1 atom stereocenters. The van der Waals surface area contributed by atoms with Crippen molar-refractivity contribution in [2.45, 2.75) is 49.6 Å². The number of carbonyl (C=O) groups is 2. The number of nitrogens with zero attached hydrogens (tertiary/aromatic N) is 2. The summed E-state index contributed by atoms with van der Waals surface area (Å²) in [6.45, 7) is 1.26. The first kappa shape index (κ1) is 29.5. The predicted molar refractivity (Wildman–Crippen MR) is 154 cm³/mol. The van der Waals surface area contributed by atoms with Crippen molar-refractivity contribution in [1.29, 1.82) is 0 Å². The number of benzene rings is 3. The minimum absolute atomic E-state index is 0.101. The molecule has 0 radical (unpaired) electrons. The molecular formula is C31H37N3O5S. The van der Waals surface area contributed by atoms with E-state index in [9.17, 15) is 23.1 Å². The Kier molecular flexibility index (Phi) is 10.5. The van der Waals surface area contributed by atoms with E-state index in [1.165, 1.54) is 4.31 Å². The Labute approximate surface area is 236 Å². The van der Waals surface area contributed by atoms with Crippen LogP contribution in [-0.4, -0.2) is 66.8 Å². The number of aryl methyl sites for hydroxylation is 1. The molecule has 0 unspecified atom stereocenters.